The molecule has 0 amide bonds. The highest BCUT2D eigenvalue weighted by Gasteiger charge is 2.60. The van der Waals surface area contributed by atoms with Crippen LogP contribution in [0.4, 0.5) is 17.1 Å². The van der Waals surface area contributed by atoms with Crippen molar-refractivity contribution in [3.05, 3.63) is 126 Å². The predicted molar refractivity (Wildman–Crippen MR) is 176 cm³/mol. The number of hydrogen-bond acceptors (Lipinski definition) is 2. The number of nitrogens with zero attached hydrogens (tertiary/aromatic N) is 1. The van der Waals surface area contributed by atoms with E-state index in [0.717, 1.165) is 23.0 Å². The van der Waals surface area contributed by atoms with Crippen molar-refractivity contribution in [1.29, 1.82) is 0 Å². The zero-order valence-corrected chi connectivity index (χ0v) is 24.4. The Labute approximate surface area is 253 Å². The highest BCUT2D eigenvalue weighted by Crippen LogP contribution is 2.69. The molecule has 11 rings (SSSR count). The molecule has 5 atom stereocenters. The number of anilines is 3. The Morgan fingerprint density at radius 1 is 0.558 bits per heavy atom. The van der Waals surface area contributed by atoms with Gasteiger partial charge in [0.25, 0.3) is 0 Å². The zero-order valence-electron chi connectivity index (χ0n) is 24.4. The molecule has 5 aliphatic rings. The largest absolute Gasteiger partial charge is 0.456 e. The molecule has 2 heteroatoms. The van der Waals surface area contributed by atoms with Crippen LogP contribution in [-0.2, 0) is 5.41 Å². The average Bonchev–Trinajstić information content (AvgIpc) is 3.50. The number of furan rings is 1. The van der Waals surface area contributed by atoms with Gasteiger partial charge in [0.2, 0.25) is 0 Å². The van der Waals surface area contributed by atoms with Gasteiger partial charge in [-0.3, -0.25) is 0 Å². The number of hydrogen-bond donors (Lipinski definition) is 0. The molecular weight excluding hydrogens is 522 g/mol. The van der Waals surface area contributed by atoms with Gasteiger partial charge in [-0.1, -0.05) is 85.3 Å². The van der Waals surface area contributed by atoms with Crippen LogP contribution in [-0.4, -0.2) is 0 Å². The number of rotatable bonds is 3. The molecule has 43 heavy (non-hydrogen) atoms. The van der Waals surface area contributed by atoms with Crippen molar-refractivity contribution in [1.82, 2.24) is 0 Å². The first kappa shape index (κ1) is 24.2. The van der Waals surface area contributed by atoms with E-state index in [1.807, 2.05) is 0 Å². The van der Waals surface area contributed by atoms with Crippen molar-refractivity contribution in [3.63, 3.8) is 0 Å². The molecular formula is C41H35NO. The first-order valence-electron chi connectivity index (χ1n) is 16.3. The van der Waals surface area contributed by atoms with E-state index in [0.29, 0.717) is 11.8 Å². The molecule has 1 spiro atoms. The lowest BCUT2D eigenvalue weighted by Gasteiger charge is -2.53. The Morgan fingerprint density at radius 3 is 2.23 bits per heavy atom. The van der Waals surface area contributed by atoms with Crippen molar-refractivity contribution in [2.75, 3.05) is 4.90 Å². The third-order valence-electron chi connectivity index (χ3n) is 11.7. The Morgan fingerprint density at radius 2 is 1.28 bits per heavy atom. The summed E-state index contributed by atoms with van der Waals surface area (Å²) in [5, 5.41) is 2.36. The first-order valence-corrected chi connectivity index (χ1v) is 16.3. The van der Waals surface area contributed by atoms with Gasteiger partial charge in [0.15, 0.2) is 0 Å². The maximum atomic E-state index is 6.44. The van der Waals surface area contributed by atoms with E-state index in [9.17, 15) is 0 Å². The summed E-state index contributed by atoms with van der Waals surface area (Å²) in [4.78, 5) is 2.57. The van der Waals surface area contributed by atoms with Gasteiger partial charge in [-0.2, -0.15) is 0 Å². The van der Waals surface area contributed by atoms with E-state index in [2.05, 4.69) is 120 Å². The summed E-state index contributed by atoms with van der Waals surface area (Å²) in [6.07, 6.45) is 8.35. The van der Waals surface area contributed by atoms with Crippen LogP contribution in [0.1, 0.15) is 49.7 Å². The third-order valence-corrected chi connectivity index (χ3v) is 11.7. The highest BCUT2D eigenvalue weighted by atomic mass is 16.3. The fourth-order valence-corrected chi connectivity index (χ4v) is 10.4. The van der Waals surface area contributed by atoms with E-state index >= 15 is 0 Å². The fraction of sp³-hybridized carbons (Fsp3) is 0.268. The molecule has 4 fully saturated rings. The molecule has 0 aliphatic heterocycles. The molecule has 0 saturated heterocycles. The van der Waals surface area contributed by atoms with Crippen LogP contribution < -0.4 is 4.90 Å². The van der Waals surface area contributed by atoms with E-state index in [4.69, 9.17) is 4.42 Å². The van der Waals surface area contributed by atoms with Gasteiger partial charge >= 0.3 is 0 Å². The number of benzene rings is 5. The van der Waals surface area contributed by atoms with Gasteiger partial charge in [-0.15, -0.1) is 0 Å². The topological polar surface area (TPSA) is 16.4 Å². The van der Waals surface area contributed by atoms with Crippen LogP contribution in [0.25, 0.3) is 33.1 Å². The maximum Gasteiger partial charge on any atom is 0.137 e. The summed E-state index contributed by atoms with van der Waals surface area (Å²) in [6, 6.07) is 42.7. The molecule has 6 aromatic rings. The lowest BCUT2D eigenvalue weighted by atomic mass is 9.50. The van der Waals surface area contributed by atoms with Gasteiger partial charge < -0.3 is 9.32 Å². The van der Waals surface area contributed by atoms with Crippen LogP contribution in [0.15, 0.2) is 120 Å². The summed E-state index contributed by atoms with van der Waals surface area (Å²) in [5.41, 5.74) is 11.8. The van der Waals surface area contributed by atoms with Crippen LogP contribution in [0.3, 0.4) is 0 Å². The van der Waals surface area contributed by atoms with E-state index in [1.54, 1.807) is 11.1 Å². The molecule has 2 nitrogen and oxygen atoms in total. The minimum absolute atomic E-state index is 0.0631. The average molecular weight is 558 g/mol. The van der Waals surface area contributed by atoms with Gasteiger partial charge in [0.1, 0.15) is 11.2 Å². The summed E-state index contributed by atoms with van der Waals surface area (Å²) >= 11 is 0. The lowest BCUT2D eigenvalue weighted by Crippen LogP contribution is -2.48. The van der Waals surface area contributed by atoms with E-state index < -0.39 is 0 Å². The summed E-state index contributed by atoms with van der Waals surface area (Å²) in [5.74, 6) is 3.19. The normalized spacial score (nSPS) is 26.6. The second-order valence-corrected chi connectivity index (χ2v) is 13.7. The third kappa shape index (κ3) is 3.19. The molecule has 5 aromatic carbocycles. The Balaban J connectivity index is 1.31. The summed E-state index contributed by atoms with van der Waals surface area (Å²) in [6.45, 7) is 0. The van der Waals surface area contributed by atoms with Gasteiger partial charge in [-0.05, 0) is 114 Å². The molecule has 4 bridgehead atoms. The number of fused-ring (bicyclic) bond motifs is 7. The monoisotopic (exact) mass is 557 g/mol. The molecule has 210 valence electrons. The highest BCUT2D eigenvalue weighted by molar-refractivity contribution is 6.13. The lowest BCUT2D eigenvalue weighted by molar-refractivity contribution is 0.0621. The van der Waals surface area contributed by atoms with Crippen LogP contribution in [0, 0.1) is 23.7 Å². The van der Waals surface area contributed by atoms with Crippen molar-refractivity contribution in [2.45, 2.75) is 43.9 Å². The van der Waals surface area contributed by atoms with Crippen molar-refractivity contribution >= 4 is 39.0 Å². The second-order valence-electron chi connectivity index (χ2n) is 13.7. The Kier molecular flexibility index (Phi) is 4.98. The fourth-order valence-electron chi connectivity index (χ4n) is 10.4. The minimum Gasteiger partial charge on any atom is -0.456 e. The van der Waals surface area contributed by atoms with E-state index in [1.165, 1.54) is 77.5 Å². The number of para-hydroxylation sites is 2. The van der Waals surface area contributed by atoms with Crippen LogP contribution in [0.5, 0.6) is 0 Å². The molecule has 1 aromatic heterocycles. The zero-order chi connectivity index (χ0) is 28.1. The van der Waals surface area contributed by atoms with Gasteiger partial charge in [0.05, 0.1) is 16.8 Å². The summed E-state index contributed by atoms with van der Waals surface area (Å²) in [7, 11) is 0. The molecule has 5 aliphatic carbocycles. The van der Waals surface area contributed by atoms with Crippen molar-refractivity contribution in [3.8, 4) is 11.1 Å². The SMILES string of the molecule is c1ccc(N(c2cccc3c2C2(c4ccccc4-3)C3CCC4CC(C3)CC2C4)c2cccc3oc4ccccc4c23)cc1. The van der Waals surface area contributed by atoms with Crippen molar-refractivity contribution < 1.29 is 4.42 Å². The molecule has 0 radical (unpaired) electrons. The summed E-state index contributed by atoms with van der Waals surface area (Å²) < 4.78 is 6.44. The second kappa shape index (κ2) is 8.86. The first-order chi connectivity index (χ1) is 21.3. The Hall–Kier alpha value is -4.30. The standard InChI is InChI=1S/C41H35NO/c1-2-10-30(11-3-1)42(35-16-9-19-38-39(35)33-13-5-7-18-37(33)43-38)36-17-8-14-32-31-12-4-6-15-34(31)41(40(32)36)28-21-20-26-22-27(24-28)25-29(41)23-26/h1-19,26-29H,20-25H2. The molecule has 5 unspecified atom stereocenters. The van der Waals surface area contributed by atoms with Gasteiger partial charge in [0, 0.05) is 16.5 Å². The molecule has 4 saturated carbocycles. The molecule has 0 N–H and O–H groups in total. The minimum atomic E-state index is 0.0631. The van der Waals surface area contributed by atoms with Gasteiger partial charge in [-0.25, -0.2) is 0 Å². The van der Waals surface area contributed by atoms with Crippen LogP contribution >= 0.6 is 0 Å². The van der Waals surface area contributed by atoms with E-state index in [-0.39, 0.29) is 5.41 Å². The maximum absolute atomic E-state index is 6.44. The van der Waals surface area contributed by atoms with Crippen LogP contribution in [0.2, 0.25) is 0 Å². The van der Waals surface area contributed by atoms with Crippen molar-refractivity contribution in [2.24, 2.45) is 23.7 Å². The Bertz CT molecular complexity index is 2030. The quantitative estimate of drug-likeness (QED) is 0.215. The molecule has 1 heterocycles. The smallest absolute Gasteiger partial charge is 0.137 e. The predicted octanol–water partition coefficient (Wildman–Crippen LogP) is 11.2.